The average Bonchev–Trinajstić information content (AvgIpc) is 3.29. The molecule has 2 aliphatic carbocycles. The highest BCUT2D eigenvalue weighted by Gasteiger charge is 2.51. The maximum Gasteiger partial charge on any atom is 0.341 e. The molecule has 0 spiro atoms. The number of esters is 1. The average molecular weight is 377 g/mol. The van der Waals surface area contributed by atoms with Crippen LogP contribution in [0.2, 0.25) is 0 Å². The van der Waals surface area contributed by atoms with Crippen LogP contribution in [0.5, 0.6) is 0 Å². The van der Waals surface area contributed by atoms with Gasteiger partial charge in [-0.1, -0.05) is 25.5 Å². The fourth-order valence-electron chi connectivity index (χ4n) is 3.98. The molecule has 1 saturated carbocycles. The summed E-state index contributed by atoms with van der Waals surface area (Å²) in [5.74, 6) is -3.18. The molecule has 1 aromatic rings. The van der Waals surface area contributed by atoms with E-state index in [2.05, 4.69) is 5.32 Å². The molecular weight excluding hydrogens is 354 g/mol. The molecule has 2 aliphatic rings. The number of thiophene rings is 1. The number of hydrogen-bond donors (Lipinski definition) is 2. The summed E-state index contributed by atoms with van der Waals surface area (Å²) in [6.07, 6.45) is 6.28. The van der Waals surface area contributed by atoms with Gasteiger partial charge in [0.05, 0.1) is 24.0 Å². The lowest BCUT2D eigenvalue weighted by Gasteiger charge is -2.23. The van der Waals surface area contributed by atoms with E-state index in [1.807, 2.05) is 19.1 Å². The van der Waals surface area contributed by atoms with Gasteiger partial charge in [0, 0.05) is 4.88 Å². The molecule has 26 heavy (non-hydrogen) atoms. The Kier molecular flexibility index (Phi) is 5.46. The highest BCUT2D eigenvalue weighted by atomic mass is 32.1. The van der Waals surface area contributed by atoms with Gasteiger partial charge in [-0.15, -0.1) is 11.3 Å². The second-order valence-electron chi connectivity index (χ2n) is 6.75. The number of rotatable bonds is 7. The molecule has 0 radical (unpaired) electrons. The van der Waals surface area contributed by atoms with Crippen LogP contribution in [0.25, 0.3) is 0 Å². The Bertz CT molecular complexity index is 753. The number of anilines is 1. The van der Waals surface area contributed by atoms with E-state index in [1.54, 1.807) is 13.0 Å². The molecule has 2 bridgehead atoms. The number of hydrogen-bond acceptors (Lipinski definition) is 5. The molecule has 1 amide bonds. The van der Waals surface area contributed by atoms with Crippen molar-refractivity contribution in [1.29, 1.82) is 0 Å². The Morgan fingerprint density at radius 2 is 1.92 bits per heavy atom. The molecular formula is C19H23NO5S. The van der Waals surface area contributed by atoms with Crippen molar-refractivity contribution in [2.75, 3.05) is 11.9 Å². The normalized spacial score (nSPS) is 26.1. The van der Waals surface area contributed by atoms with Gasteiger partial charge in [-0.05, 0) is 37.7 Å². The number of carbonyl (C=O) groups excluding carboxylic acids is 2. The Balaban J connectivity index is 1.83. The number of carboxylic acids is 1. The van der Waals surface area contributed by atoms with Gasteiger partial charge in [0.25, 0.3) is 0 Å². The molecule has 1 aromatic heterocycles. The third kappa shape index (κ3) is 3.40. The van der Waals surface area contributed by atoms with Crippen molar-refractivity contribution in [3.8, 4) is 0 Å². The van der Waals surface area contributed by atoms with Crippen molar-refractivity contribution in [3.63, 3.8) is 0 Å². The van der Waals surface area contributed by atoms with Crippen LogP contribution in [0.3, 0.4) is 0 Å². The second-order valence-corrected chi connectivity index (χ2v) is 7.89. The van der Waals surface area contributed by atoms with E-state index in [0.717, 1.165) is 17.7 Å². The molecule has 0 saturated heterocycles. The molecule has 0 unspecified atom stereocenters. The highest BCUT2D eigenvalue weighted by molar-refractivity contribution is 7.16. The lowest BCUT2D eigenvalue weighted by atomic mass is 9.82. The summed E-state index contributed by atoms with van der Waals surface area (Å²) in [4.78, 5) is 37.7. The topological polar surface area (TPSA) is 92.7 Å². The number of aryl methyl sites for hydroxylation is 1. The van der Waals surface area contributed by atoms with Crippen molar-refractivity contribution < 1.29 is 24.2 Å². The van der Waals surface area contributed by atoms with Gasteiger partial charge in [-0.3, -0.25) is 9.59 Å². The Morgan fingerprint density at radius 1 is 1.23 bits per heavy atom. The number of ether oxygens (including phenoxy) is 1. The maximum absolute atomic E-state index is 12.9. The lowest BCUT2D eigenvalue weighted by molar-refractivity contribution is -0.146. The summed E-state index contributed by atoms with van der Waals surface area (Å²) in [5, 5.41) is 12.8. The summed E-state index contributed by atoms with van der Waals surface area (Å²) < 4.78 is 5.09. The van der Waals surface area contributed by atoms with E-state index in [4.69, 9.17) is 4.74 Å². The predicted octanol–water partition coefficient (Wildman–Crippen LogP) is 3.34. The molecule has 3 rings (SSSR count). The first-order valence-electron chi connectivity index (χ1n) is 8.98. The number of fused-ring (bicyclic) bond motifs is 2. The van der Waals surface area contributed by atoms with E-state index < -0.39 is 23.8 Å². The van der Waals surface area contributed by atoms with E-state index in [1.165, 1.54) is 11.3 Å². The number of carboxylic acid groups (broad SMARTS) is 1. The SMILES string of the molecule is CCCc1cc(C(=O)OCC)c(NC(=O)[C@@H]2[C@@H](C(=O)O)[C@H]3C=C[C@@H]2C3)s1. The zero-order chi connectivity index (χ0) is 18.8. The minimum Gasteiger partial charge on any atom is -0.481 e. The molecule has 140 valence electrons. The van der Waals surface area contributed by atoms with Gasteiger partial charge >= 0.3 is 11.9 Å². The third-order valence-corrected chi connectivity index (χ3v) is 6.17. The summed E-state index contributed by atoms with van der Waals surface area (Å²) in [5.41, 5.74) is 0.347. The maximum atomic E-state index is 12.9. The van der Waals surface area contributed by atoms with E-state index in [-0.39, 0.29) is 24.3 Å². The number of allylic oxidation sites excluding steroid dienone is 2. The number of amides is 1. The molecule has 1 heterocycles. The molecule has 0 aromatic carbocycles. The summed E-state index contributed by atoms with van der Waals surface area (Å²) in [6, 6.07) is 1.76. The van der Waals surface area contributed by atoms with Crippen LogP contribution in [-0.2, 0) is 20.7 Å². The number of carbonyl (C=O) groups is 3. The van der Waals surface area contributed by atoms with Crippen molar-refractivity contribution in [2.45, 2.75) is 33.1 Å². The van der Waals surface area contributed by atoms with Gasteiger partial charge in [0.1, 0.15) is 5.00 Å². The minimum atomic E-state index is -0.939. The lowest BCUT2D eigenvalue weighted by Crippen LogP contribution is -2.36. The van der Waals surface area contributed by atoms with Gasteiger partial charge in [-0.2, -0.15) is 0 Å². The first-order chi connectivity index (χ1) is 12.5. The largest absolute Gasteiger partial charge is 0.481 e. The van der Waals surface area contributed by atoms with Crippen molar-refractivity contribution in [3.05, 3.63) is 28.7 Å². The molecule has 2 N–H and O–H groups in total. The summed E-state index contributed by atoms with van der Waals surface area (Å²) >= 11 is 1.36. The van der Waals surface area contributed by atoms with Gasteiger partial charge in [0.15, 0.2) is 0 Å². The van der Waals surface area contributed by atoms with Crippen molar-refractivity contribution in [2.24, 2.45) is 23.7 Å². The quantitative estimate of drug-likeness (QED) is 0.562. The zero-order valence-corrected chi connectivity index (χ0v) is 15.7. The summed E-state index contributed by atoms with van der Waals surface area (Å²) in [7, 11) is 0. The van der Waals surface area contributed by atoms with Crippen LogP contribution in [0.4, 0.5) is 5.00 Å². The first-order valence-corrected chi connectivity index (χ1v) is 9.79. The Hall–Kier alpha value is -2.15. The minimum absolute atomic E-state index is 0.0535. The van der Waals surface area contributed by atoms with Crippen LogP contribution < -0.4 is 5.32 Å². The van der Waals surface area contributed by atoms with Crippen LogP contribution in [-0.4, -0.2) is 29.6 Å². The van der Waals surface area contributed by atoms with E-state index in [9.17, 15) is 19.5 Å². The monoisotopic (exact) mass is 377 g/mol. The van der Waals surface area contributed by atoms with Crippen LogP contribution in [0, 0.1) is 23.7 Å². The number of aliphatic carboxylic acids is 1. The Morgan fingerprint density at radius 3 is 2.54 bits per heavy atom. The highest BCUT2D eigenvalue weighted by Crippen LogP contribution is 2.48. The Labute approximate surface area is 156 Å². The van der Waals surface area contributed by atoms with Crippen molar-refractivity contribution in [1.82, 2.24) is 0 Å². The standard InChI is InChI=1S/C19H23NO5S/c1-3-5-12-9-13(19(24)25-4-2)17(26-12)20-16(21)14-10-6-7-11(8-10)15(14)18(22)23/h6-7,9-11,14-15H,3-5,8H2,1-2H3,(H,20,21)(H,22,23)/t10-,11+,14+,15+/m1/s1. The van der Waals surface area contributed by atoms with Crippen LogP contribution in [0.1, 0.15) is 41.9 Å². The van der Waals surface area contributed by atoms with Crippen LogP contribution >= 0.6 is 11.3 Å². The number of nitrogens with one attached hydrogen (secondary N) is 1. The van der Waals surface area contributed by atoms with Crippen LogP contribution in [0.15, 0.2) is 18.2 Å². The van der Waals surface area contributed by atoms with Crippen molar-refractivity contribution >= 4 is 34.2 Å². The predicted molar refractivity (Wildman–Crippen MR) is 98.3 cm³/mol. The smallest absolute Gasteiger partial charge is 0.341 e. The molecule has 4 atom stereocenters. The van der Waals surface area contributed by atoms with Gasteiger partial charge in [0.2, 0.25) is 5.91 Å². The molecule has 1 fully saturated rings. The summed E-state index contributed by atoms with van der Waals surface area (Å²) in [6.45, 7) is 4.03. The zero-order valence-electron chi connectivity index (χ0n) is 14.9. The molecule has 6 nitrogen and oxygen atoms in total. The van der Waals surface area contributed by atoms with E-state index >= 15 is 0 Å². The fraction of sp³-hybridized carbons (Fsp3) is 0.526. The fourth-order valence-corrected chi connectivity index (χ4v) is 5.13. The molecule has 7 heteroatoms. The second kappa shape index (κ2) is 7.61. The van der Waals surface area contributed by atoms with Gasteiger partial charge < -0.3 is 15.2 Å². The van der Waals surface area contributed by atoms with E-state index in [0.29, 0.717) is 17.0 Å². The van der Waals surface area contributed by atoms with Gasteiger partial charge in [-0.25, -0.2) is 4.79 Å². The first kappa shape index (κ1) is 18.6. The third-order valence-electron chi connectivity index (χ3n) is 5.06. The molecule has 0 aliphatic heterocycles.